The third-order valence-electron chi connectivity index (χ3n) is 3.94. The van der Waals surface area contributed by atoms with Gasteiger partial charge in [0.25, 0.3) is 11.8 Å². The third kappa shape index (κ3) is 5.34. The van der Waals surface area contributed by atoms with Crippen LogP contribution in [0.5, 0.6) is 5.75 Å². The van der Waals surface area contributed by atoms with Crippen LogP contribution in [0, 0.1) is 0 Å². The van der Waals surface area contributed by atoms with Gasteiger partial charge in [-0.15, -0.1) is 0 Å². The SMILES string of the molecule is CC(Oc1ccc(C(=O)Nc2ccccc2)cc1)C(=O)Nc1ccc(Cl)cc1. The minimum Gasteiger partial charge on any atom is -0.481 e. The number of anilines is 2. The summed E-state index contributed by atoms with van der Waals surface area (Å²) in [5, 5.41) is 6.17. The standard InChI is InChI=1S/C22H19ClN2O3/c1-15(21(26)24-19-11-9-17(23)10-12-19)28-20-13-7-16(8-14-20)22(27)25-18-5-3-2-4-6-18/h2-15H,1H3,(H,24,26)(H,25,27). The molecule has 0 saturated carbocycles. The van der Waals surface area contributed by atoms with E-state index in [2.05, 4.69) is 10.6 Å². The first-order chi connectivity index (χ1) is 13.5. The molecule has 5 nitrogen and oxygen atoms in total. The molecule has 0 aliphatic rings. The van der Waals surface area contributed by atoms with Gasteiger partial charge in [0.15, 0.2) is 6.10 Å². The molecule has 142 valence electrons. The molecule has 0 radical (unpaired) electrons. The number of carbonyl (C=O) groups excluding carboxylic acids is 2. The van der Waals surface area contributed by atoms with Crippen molar-refractivity contribution in [1.29, 1.82) is 0 Å². The Morgan fingerprint density at radius 3 is 2.07 bits per heavy atom. The van der Waals surface area contributed by atoms with Crippen LogP contribution >= 0.6 is 11.6 Å². The summed E-state index contributed by atoms with van der Waals surface area (Å²) in [6.07, 6.45) is -0.709. The summed E-state index contributed by atoms with van der Waals surface area (Å²) in [6, 6.07) is 22.7. The molecule has 3 aromatic rings. The molecule has 1 unspecified atom stereocenters. The molecule has 3 rings (SSSR count). The summed E-state index contributed by atoms with van der Waals surface area (Å²) in [5.41, 5.74) is 1.85. The number of carbonyl (C=O) groups is 2. The summed E-state index contributed by atoms with van der Waals surface area (Å²) >= 11 is 5.83. The average Bonchev–Trinajstić information content (AvgIpc) is 2.71. The van der Waals surface area contributed by atoms with E-state index in [4.69, 9.17) is 16.3 Å². The number of amides is 2. The highest BCUT2D eigenvalue weighted by atomic mass is 35.5. The highest BCUT2D eigenvalue weighted by Gasteiger charge is 2.15. The van der Waals surface area contributed by atoms with Crippen molar-refractivity contribution < 1.29 is 14.3 Å². The van der Waals surface area contributed by atoms with Gasteiger partial charge in [-0.1, -0.05) is 29.8 Å². The van der Waals surface area contributed by atoms with Crippen LogP contribution in [0.25, 0.3) is 0 Å². The van der Waals surface area contributed by atoms with Crippen molar-refractivity contribution >= 4 is 34.8 Å². The average molecular weight is 395 g/mol. The Bertz CT molecular complexity index is 942. The Kier molecular flexibility index (Phi) is 6.29. The zero-order valence-corrected chi connectivity index (χ0v) is 15.9. The van der Waals surface area contributed by atoms with Gasteiger partial charge in [-0.3, -0.25) is 9.59 Å². The van der Waals surface area contributed by atoms with E-state index in [1.165, 1.54) is 0 Å². The second-order valence-electron chi connectivity index (χ2n) is 6.10. The molecule has 0 bridgehead atoms. The summed E-state index contributed by atoms with van der Waals surface area (Å²) in [7, 11) is 0. The molecule has 0 heterocycles. The van der Waals surface area contributed by atoms with Crippen LogP contribution in [0.1, 0.15) is 17.3 Å². The molecule has 0 aromatic heterocycles. The molecule has 0 aliphatic carbocycles. The fourth-order valence-electron chi connectivity index (χ4n) is 2.44. The zero-order chi connectivity index (χ0) is 19.9. The van der Waals surface area contributed by atoms with Crippen LogP contribution in [-0.4, -0.2) is 17.9 Å². The number of rotatable bonds is 6. The molecule has 28 heavy (non-hydrogen) atoms. The molecule has 0 aliphatic heterocycles. The maximum atomic E-state index is 12.3. The van der Waals surface area contributed by atoms with Crippen molar-refractivity contribution in [2.24, 2.45) is 0 Å². The van der Waals surface area contributed by atoms with Crippen LogP contribution in [0.4, 0.5) is 11.4 Å². The monoisotopic (exact) mass is 394 g/mol. The van der Waals surface area contributed by atoms with Crippen molar-refractivity contribution in [3.05, 3.63) is 89.4 Å². The number of ether oxygens (including phenoxy) is 1. The number of hydrogen-bond acceptors (Lipinski definition) is 3. The first kappa shape index (κ1) is 19.5. The maximum absolute atomic E-state index is 12.3. The molecule has 1 atom stereocenters. The van der Waals surface area contributed by atoms with Crippen LogP contribution in [0.3, 0.4) is 0 Å². The molecule has 3 aromatic carbocycles. The lowest BCUT2D eigenvalue weighted by Crippen LogP contribution is -2.30. The van der Waals surface area contributed by atoms with Gasteiger partial charge in [-0.05, 0) is 67.6 Å². The fourth-order valence-corrected chi connectivity index (χ4v) is 2.57. The van der Waals surface area contributed by atoms with Gasteiger partial charge < -0.3 is 15.4 Å². The Hall–Kier alpha value is -3.31. The molecular weight excluding hydrogens is 376 g/mol. The van der Waals surface area contributed by atoms with Gasteiger partial charge in [0, 0.05) is 22.0 Å². The Balaban J connectivity index is 1.56. The quantitative estimate of drug-likeness (QED) is 0.618. The highest BCUT2D eigenvalue weighted by molar-refractivity contribution is 6.30. The predicted molar refractivity (Wildman–Crippen MR) is 111 cm³/mol. The highest BCUT2D eigenvalue weighted by Crippen LogP contribution is 2.17. The molecule has 0 fully saturated rings. The summed E-state index contributed by atoms with van der Waals surface area (Å²) in [6.45, 7) is 1.65. The van der Waals surface area contributed by atoms with Crippen LogP contribution in [0.2, 0.25) is 5.02 Å². The van der Waals surface area contributed by atoms with Crippen LogP contribution < -0.4 is 15.4 Å². The van der Waals surface area contributed by atoms with E-state index >= 15 is 0 Å². The van der Waals surface area contributed by atoms with E-state index in [9.17, 15) is 9.59 Å². The summed E-state index contributed by atoms with van der Waals surface area (Å²) in [4.78, 5) is 24.5. The molecule has 2 amide bonds. The molecule has 2 N–H and O–H groups in total. The van der Waals surface area contributed by atoms with E-state index in [0.717, 1.165) is 5.69 Å². The van der Waals surface area contributed by atoms with Crippen LogP contribution in [-0.2, 0) is 4.79 Å². The lowest BCUT2D eigenvalue weighted by atomic mass is 10.2. The van der Waals surface area contributed by atoms with Crippen molar-refractivity contribution in [3.63, 3.8) is 0 Å². The number of hydrogen-bond donors (Lipinski definition) is 2. The Morgan fingerprint density at radius 2 is 1.43 bits per heavy atom. The largest absolute Gasteiger partial charge is 0.481 e. The van der Waals surface area contributed by atoms with Gasteiger partial charge >= 0.3 is 0 Å². The first-order valence-corrected chi connectivity index (χ1v) is 9.08. The lowest BCUT2D eigenvalue weighted by molar-refractivity contribution is -0.122. The maximum Gasteiger partial charge on any atom is 0.265 e. The van der Waals surface area contributed by atoms with E-state index in [-0.39, 0.29) is 11.8 Å². The van der Waals surface area contributed by atoms with E-state index in [0.29, 0.717) is 22.0 Å². The van der Waals surface area contributed by atoms with Gasteiger partial charge in [-0.2, -0.15) is 0 Å². The van der Waals surface area contributed by atoms with Gasteiger partial charge in [0.2, 0.25) is 0 Å². The number of benzene rings is 3. The fraction of sp³-hybridized carbons (Fsp3) is 0.0909. The summed E-state index contributed by atoms with van der Waals surface area (Å²) < 4.78 is 5.66. The van der Waals surface area contributed by atoms with Crippen molar-refractivity contribution in [3.8, 4) is 5.75 Å². The minimum absolute atomic E-state index is 0.216. The van der Waals surface area contributed by atoms with Gasteiger partial charge in [0.05, 0.1) is 0 Å². The minimum atomic E-state index is -0.709. The number of halogens is 1. The molecular formula is C22H19ClN2O3. The van der Waals surface area contributed by atoms with E-state index in [1.807, 2.05) is 30.3 Å². The summed E-state index contributed by atoms with van der Waals surface area (Å²) in [5.74, 6) is -0.00508. The second kappa shape index (κ2) is 9.06. The molecule has 6 heteroatoms. The van der Waals surface area contributed by atoms with Crippen molar-refractivity contribution in [2.45, 2.75) is 13.0 Å². The van der Waals surface area contributed by atoms with Gasteiger partial charge in [-0.25, -0.2) is 0 Å². The Labute approximate surface area is 168 Å². The zero-order valence-electron chi connectivity index (χ0n) is 15.2. The lowest BCUT2D eigenvalue weighted by Gasteiger charge is -2.15. The van der Waals surface area contributed by atoms with Crippen LogP contribution in [0.15, 0.2) is 78.9 Å². The number of nitrogens with one attached hydrogen (secondary N) is 2. The topological polar surface area (TPSA) is 67.4 Å². The first-order valence-electron chi connectivity index (χ1n) is 8.71. The normalized spacial score (nSPS) is 11.4. The van der Waals surface area contributed by atoms with Crippen molar-refractivity contribution in [1.82, 2.24) is 0 Å². The molecule has 0 saturated heterocycles. The Morgan fingerprint density at radius 1 is 0.821 bits per heavy atom. The second-order valence-corrected chi connectivity index (χ2v) is 6.54. The molecule has 0 spiro atoms. The smallest absolute Gasteiger partial charge is 0.265 e. The van der Waals surface area contributed by atoms with E-state index in [1.54, 1.807) is 55.5 Å². The predicted octanol–water partition coefficient (Wildman–Crippen LogP) is 5.00. The third-order valence-corrected chi connectivity index (χ3v) is 4.19. The van der Waals surface area contributed by atoms with Crippen molar-refractivity contribution in [2.75, 3.05) is 10.6 Å². The van der Waals surface area contributed by atoms with Gasteiger partial charge in [0.1, 0.15) is 5.75 Å². The number of para-hydroxylation sites is 1. The van der Waals surface area contributed by atoms with E-state index < -0.39 is 6.10 Å².